The van der Waals surface area contributed by atoms with Gasteiger partial charge in [0.2, 0.25) is 0 Å². The molecule has 0 fully saturated rings. The summed E-state index contributed by atoms with van der Waals surface area (Å²) in [5.74, 6) is 1.38. The minimum Gasteiger partial charge on any atom is -0.469 e. The number of guanidine groups is 1. The molecule has 0 aliphatic heterocycles. The quantitative estimate of drug-likeness (QED) is 0.235. The lowest BCUT2D eigenvalue weighted by Crippen LogP contribution is -2.39. The van der Waals surface area contributed by atoms with Crippen molar-refractivity contribution in [1.82, 2.24) is 10.6 Å². The van der Waals surface area contributed by atoms with E-state index >= 15 is 0 Å². The standard InChI is InChI=1S/C17H35N3O3/c1-15(2)10-13-23-14-12-20-17(18-3)19-11-8-6-5-7-9-16(21)22-4/h15H,5-14H2,1-4H3,(H2,18,19,20). The second-order valence-electron chi connectivity index (χ2n) is 5.96. The molecule has 0 aromatic carbocycles. The molecule has 0 bridgehead atoms. The molecule has 0 radical (unpaired) electrons. The molecular weight excluding hydrogens is 294 g/mol. The van der Waals surface area contributed by atoms with Gasteiger partial charge in [0.25, 0.3) is 0 Å². The van der Waals surface area contributed by atoms with Gasteiger partial charge in [-0.3, -0.25) is 9.79 Å². The van der Waals surface area contributed by atoms with E-state index in [1.807, 2.05) is 0 Å². The van der Waals surface area contributed by atoms with Gasteiger partial charge in [0.1, 0.15) is 0 Å². The highest BCUT2D eigenvalue weighted by molar-refractivity contribution is 5.79. The molecule has 0 atom stereocenters. The number of ether oxygens (including phenoxy) is 2. The van der Waals surface area contributed by atoms with Crippen LogP contribution in [0.2, 0.25) is 0 Å². The van der Waals surface area contributed by atoms with Crippen molar-refractivity contribution in [2.24, 2.45) is 10.9 Å². The smallest absolute Gasteiger partial charge is 0.305 e. The molecule has 0 aliphatic rings. The summed E-state index contributed by atoms with van der Waals surface area (Å²) in [6, 6.07) is 0. The lowest BCUT2D eigenvalue weighted by molar-refractivity contribution is -0.140. The molecule has 0 saturated carbocycles. The first-order valence-corrected chi connectivity index (χ1v) is 8.69. The van der Waals surface area contributed by atoms with Gasteiger partial charge in [0, 0.05) is 33.2 Å². The molecule has 0 amide bonds. The zero-order chi connectivity index (χ0) is 17.3. The van der Waals surface area contributed by atoms with Crippen molar-refractivity contribution >= 4 is 11.9 Å². The number of carbonyl (C=O) groups is 1. The maximum atomic E-state index is 11.0. The Hall–Kier alpha value is -1.30. The Kier molecular flexibility index (Phi) is 14.7. The Morgan fingerprint density at radius 1 is 1.04 bits per heavy atom. The maximum Gasteiger partial charge on any atom is 0.305 e. The van der Waals surface area contributed by atoms with Gasteiger partial charge in [-0.15, -0.1) is 0 Å². The summed E-state index contributed by atoms with van der Waals surface area (Å²) in [5.41, 5.74) is 0. The molecule has 0 saturated heterocycles. The van der Waals surface area contributed by atoms with Crippen molar-refractivity contribution in [2.75, 3.05) is 40.5 Å². The molecule has 0 unspecified atom stereocenters. The predicted molar refractivity (Wildman–Crippen MR) is 94.7 cm³/mol. The second-order valence-corrected chi connectivity index (χ2v) is 5.96. The summed E-state index contributed by atoms with van der Waals surface area (Å²) >= 11 is 0. The molecule has 0 heterocycles. The molecule has 136 valence electrons. The third-order valence-corrected chi connectivity index (χ3v) is 3.43. The molecule has 6 heteroatoms. The number of carbonyl (C=O) groups excluding carboxylic acids is 1. The Bertz CT molecular complexity index is 320. The number of rotatable bonds is 13. The van der Waals surface area contributed by atoms with Crippen molar-refractivity contribution in [3.05, 3.63) is 0 Å². The fourth-order valence-electron chi connectivity index (χ4n) is 1.94. The van der Waals surface area contributed by atoms with Crippen LogP contribution in [-0.4, -0.2) is 52.4 Å². The van der Waals surface area contributed by atoms with Crippen LogP contribution in [0.25, 0.3) is 0 Å². The zero-order valence-corrected chi connectivity index (χ0v) is 15.3. The van der Waals surface area contributed by atoms with Crippen molar-refractivity contribution in [1.29, 1.82) is 0 Å². The predicted octanol–water partition coefficient (Wildman–Crippen LogP) is 2.34. The van der Waals surface area contributed by atoms with Gasteiger partial charge < -0.3 is 20.1 Å². The van der Waals surface area contributed by atoms with Crippen molar-refractivity contribution in [3.63, 3.8) is 0 Å². The molecular formula is C17H35N3O3. The first-order valence-electron chi connectivity index (χ1n) is 8.69. The molecule has 0 aromatic rings. The number of unbranched alkanes of at least 4 members (excludes halogenated alkanes) is 3. The lowest BCUT2D eigenvalue weighted by Gasteiger charge is -2.12. The van der Waals surface area contributed by atoms with Crippen LogP contribution in [0, 0.1) is 5.92 Å². The van der Waals surface area contributed by atoms with Gasteiger partial charge in [0.15, 0.2) is 5.96 Å². The minimum atomic E-state index is -0.122. The van der Waals surface area contributed by atoms with Gasteiger partial charge in [-0.25, -0.2) is 0 Å². The summed E-state index contributed by atoms with van der Waals surface area (Å²) in [6.07, 6.45) is 5.72. The molecule has 6 nitrogen and oxygen atoms in total. The number of nitrogens with zero attached hydrogens (tertiary/aromatic N) is 1. The Balaban J connectivity index is 3.44. The zero-order valence-electron chi connectivity index (χ0n) is 15.3. The topological polar surface area (TPSA) is 72.0 Å². The van der Waals surface area contributed by atoms with Crippen LogP contribution in [0.5, 0.6) is 0 Å². The molecule has 2 N–H and O–H groups in total. The van der Waals surface area contributed by atoms with Crippen molar-refractivity contribution in [2.45, 2.75) is 52.4 Å². The number of nitrogens with one attached hydrogen (secondary N) is 2. The minimum absolute atomic E-state index is 0.122. The first-order chi connectivity index (χ1) is 11.1. The number of hydrogen-bond acceptors (Lipinski definition) is 4. The van der Waals surface area contributed by atoms with Crippen molar-refractivity contribution < 1.29 is 14.3 Å². The van der Waals surface area contributed by atoms with E-state index in [-0.39, 0.29) is 5.97 Å². The fraction of sp³-hybridized carbons (Fsp3) is 0.882. The van der Waals surface area contributed by atoms with Gasteiger partial charge >= 0.3 is 5.97 Å². The number of aliphatic imine (C=N–C) groups is 1. The van der Waals surface area contributed by atoms with E-state index in [0.717, 1.165) is 57.8 Å². The summed E-state index contributed by atoms with van der Waals surface area (Å²) in [5, 5.41) is 6.52. The van der Waals surface area contributed by atoms with E-state index < -0.39 is 0 Å². The summed E-state index contributed by atoms with van der Waals surface area (Å²) in [6.45, 7) is 7.55. The third-order valence-electron chi connectivity index (χ3n) is 3.43. The van der Waals surface area contributed by atoms with Crippen LogP contribution in [-0.2, 0) is 14.3 Å². The second kappa shape index (κ2) is 15.6. The monoisotopic (exact) mass is 329 g/mol. The van der Waals surface area contributed by atoms with Gasteiger partial charge in [-0.05, 0) is 25.2 Å². The SMILES string of the molecule is CN=C(NCCCCCCC(=O)OC)NCCOCCC(C)C. The largest absolute Gasteiger partial charge is 0.469 e. The van der Waals surface area contributed by atoms with Gasteiger partial charge in [0.05, 0.1) is 13.7 Å². The average Bonchev–Trinajstić information content (AvgIpc) is 2.54. The molecule has 0 rings (SSSR count). The first kappa shape index (κ1) is 21.7. The number of methoxy groups -OCH3 is 1. The Morgan fingerprint density at radius 3 is 2.39 bits per heavy atom. The van der Waals surface area contributed by atoms with E-state index in [0.29, 0.717) is 18.9 Å². The van der Waals surface area contributed by atoms with E-state index in [2.05, 4.69) is 34.2 Å². The van der Waals surface area contributed by atoms with Crippen LogP contribution < -0.4 is 10.6 Å². The lowest BCUT2D eigenvalue weighted by atomic mass is 10.1. The van der Waals surface area contributed by atoms with E-state index in [9.17, 15) is 4.79 Å². The van der Waals surface area contributed by atoms with Crippen LogP contribution >= 0.6 is 0 Å². The highest BCUT2D eigenvalue weighted by Gasteiger charge is 2.00. The number of hydrogen-bond donors (Lipinski definition) is 2. The van der Waals surface area contributed by atoms with Crippen LogP contribution in [0.15, 0.2) is 4.99 Å². The third kappa shape index (κ3) is 15.4. The average molecular weight is 329 g/mol. The summed E-state index contributed by atoms with van der Waals surface area (Å²) in [7, 11) is 3.20. The summed E-state index contributed by atoms with van der Waals surface area (Å²) in [4.78, 5) is 15.1. The maximum absolute atomic E-state index is 11.0. The van der Waals surface area contributed by atoms with E-state index in [1.54, 1.807) is 7.05 Å². The molecule has 0 aliphatic carbocycles. The van der Waals surface area contributed by atoms with Crippen LogP contribution in [0.1, 0.15) is 52.4 Å². The Labute approximate surface area is 141 Å². The normalized spacial score (nSPS) is 11.6. The number of esters is 1. The van der Waals surface area contributed by atoms with Gasteiger partial charge in [-0.1, -0.05) is 26.7 Å². The Morgan fingerprint density at radius 2 is 1.74 bits per heavy atom. The summed E-state index contributed by atoms with van der Waals surface area (Å²) < 4.78 is 10.2. The van der Waals surface area contributed by atoms with Crippen LogP contribution in [0.4, 0.5) is 0 Å². The molecule has 0 spiro atoms. The molecule has 23 heavy (non-hydrogen) atoms. The molecule has 0 aromatic heterocycles. The highest BCUT2D eigenvalue weighted by atomic mass is 16.5. The van der Waals surface area contributed by atoms with Crippen molar-refractivity contribution in [3.8, 4) is 0 Å². The van der Waals surface area contributed by atoms with E-state index in [1.165, 1.54) is 7.11 Å². The van der Waals surface area contributed by atoms with Crippen LogP contribution in [0.3, 0.4) is 0 Å². The highest BCUT2D eigenvalue weighted by Crippen LogP contribution is 2.03. The van der Waals surface area contributed by atoms with Gasteiger partial charge in [-0.2, -0.15) is 0 Å². The van der Waals surface area contributed by atoms with E-state index in [4.69, 9.17) is 4.74 Å². The fourth-order valence-corrected chi connectivity index (χ4v) is 1.94.